The number of aromatic nitrogens is 6. The van der Waals surface area contributed by atoms with Gasteiger partial charge in [-0.15, -0.1) is 0 Å². The Morgan fingerprint density at radius 2 is 0.517 bits per heavy atom. The van der Waals surface area contributed by atoms with Crippen LogP contribution in [0.4, 0.5) is 0 Å². The van der Waals surface area contributed by atoms with Gasteiger partial charge in [-0.05, 0) is 132 Å². The number of aryl methyl sites for hydroxylation is 2. The Balaban J connectivity index is 0.974. The molecule has 17 aromatic rings. The van der Waals surface area contributed by atoms with Crippen molar-refractivity contribution in [1.82, 2.24) is 28.7 Å². The minimum absolute atomic E-state index is 0.572. The first-order valence-corrected chi connectivity index (χ1v) is 30.4. The lowest BCUT2D eigenvalue weighted by Crippen LogP contribution is -2.04. The Labute approximate surface area is 515 Å². The second-order valence-corrected chi connectivity index (χ2v) is 23.3. The molecule has 0 aliphatic heterocycles. The first-order valence-electron chi connectivity index (χ1n) is 30.4. The van der Waals surface area contributed by atoms with Crippen molar-refractivity contribution >= 4 is 65.4 Å². The third kappa shape index (κ3) is 8.83. The summed E-state index contributed by atoms with van der Waals surface area (Å²) in [7, 11) is 0. The normalized spacial score (nSPS) is 11.7. The highest BCUT2D eigenvalue weighted by Crippen LogP contribution is 2.46. The Kier molecular flexibility index (Phi) is 12.2. The fourth-order valence-electron chi connectivity index (χ4n) is 13.5. The summed E-state index contributed by atoms with van der Waals surface area (Å²) < 4.78 is 7.30. The molecule has 4 aromatic heterocycles. The van der Waals surface area contributed by atoms with Crippen LogP contribution in [0.1, 0.15) is 11.1 Å². The van der Waals surface area contributed by atoms with Gasteiger partial charge in [-0.3, -0.25) is 0 Å². The molecule has 0 aliphatic rings. The van der Waals surface area contributed by atoms with Gasteiger partial charge < -0.3 is 13.7 Å². The van der Waals surface area contributed by atoms with Gasteiger partial charge in [-0.2, -0.15) is 0 Å². The van der Waals surface area contributed by atoms with Crippen LogP contribution in [-0.2, 0) is 0 Å². The van der Waals surface area contributed by atoms with E-state index in [0.29, 0.717) is 17.5 Å². The van der Waals surface area contributed by atoms with Gasteiger partial charge in [0.25, 0.3) is 0 Å². The number of fused-ring (bicyclic) bond motifs is 9. The van der Waals surface area contributed by atoms with E-state index in [4.69, 9.17) is 15.0 Å². The standard InChI is InChI=1S/C83H56N6/c1-53-29-33-55(34-30-53)61-41-47-78-72(49-61)73-50-62(56-35-31-54(2)32-36-56)42-48-79(73)89(78)80-70(57-37-43-64(44-38-57)87-74-25-13-9-21-66(74)67-22-10-14-26-75(67)87)51-63(83-85-81(59-17-5-3-6-18-59)84-82(86-83)60-19-7-4-8-20-60)52-71(80)58-39-45-65(46-40-58)88-76-27-15-11-23-68(76)69-24-12-16-28-77(69)88/h3-52H,1-2H3. The number of hydrogen-bond donors (Lipinski definition) is 0. The van der Waals surface area contributed by atoms with Crippen molar-refractivity contribution in [3.8, 4) is 95.7 Å². The average Bonchev–Trinajstić information content (AvgIpc) is 3.68. The van der Waals surface area contributed by atoms with Crippen molar-refractivity contribution in [1.29, 1.82) is 0 Å². The molecule has 0 radical (unpaired) electrons. The zero-order chi connectivity index (χ0) is 59.1. The van der Waals surface area contributed by atoms with E-state index in [1.54, 1.807) is 0 Å². The highest BCUT2D eigenvalue weighted by atomic mass is 15.0. The van der Waals surface area contributed by atoms with E-state index >= 15 is 0 Å². The van der Waals surface area contributed by atoms with Crippen molar-refractivity contribution in [3.05, 3.63) is 314 Å². The predicted octanol–water partition coefficient (Wildman–Crippen LogP) is 21.4. The second-order valence-electron chi connectivity index (χ2n) is 23.3. The molecular formula is C83H56N6. The molecule has 13 aromatic carbocycles. The van der Waals surface area contributed by atoms with Crippen LogP contribution in [0, 0.1) is 13.8 Å². The van der Waals surface area contributed by atoms with E-state index in [9.17, 15) is 0 Å². The summed E-state index contributed by atoms with van der Waals surface area (Å²) in [5, 5.41) is 7.21. The first-order chi connectivity index (χ1) is 43.9. The van der Waals surface area contributed by atoms with Crippen LogP contribution in [0.15, 0.2) is 303 Å². The van der Waals surface area contributed by atoms with Gasteiger partial charge in [-0.25, -0.2) is 15.0 Å². The van der Waals surface area contributed by atoms with Crippen LogP contribution < -0.4 is 0 Å². The smallest absolute Gasteiger partial charge is 0.164 e. The highest BCUT2D eigenvalue weighted by molar-refractivity contribution is 6.14. The molecule has 0 aliphatic carbocycles. The molecule has 89 heavy (non-hydrogen) atoms. The average molecular weight is 1140 g/mol. The van der Waals surface area contributed by atoms with Crippen molar-refractivity contribution in [2.75, 3.05) is 0 Å². The molecule has 0 spiro atoms. The highest BCUT2D eigenvalue weighted by Gasteiger charge is 2.25. The predicted molar refractivity (Wildman–Crippen MR) is 370 cm³/mol. The number of para-hydroxylation sites is 4. The summed E-state index contributed by atoms with van der Waals surface area (Å²) in [6, 6.07) is 110. The van der Waals surface area contributed by atoms with E-state index in [1.165, 1.54) is 43.8 Å². The van der Waals surface area contributed by atoms with Crippen LogP contribution in [0.25, 0.3) is 161 Å². The van der Waals surface area contributed by atoms with Gasteiger partial charge in [0, 0.05) is 71.5 Å². The van der Waals surface area contributed by atoms with Gasteiger partial charge in [0.1, 0.15) is 0 Å². The maximum Gasteiger partial charge on any atom is 0.164 e. The Morgan fingerprint density at radius 3 is 0.888 bits per heavy atom. The molecular weight excluding hydrogens is 1080 g/mol. The number of hydrogen-bond acceptors (Lipinski definition) is 3. The van der Waals surface area contributed by atoms with Gasteiger partial charge in [0.15, 0.2) is 17.5 Å². The minimum atomic E-state index is 0.572. The fourth-order valence-corrected chi connectivity index (χ4v) is 13.5. The molecule has 0 unspecified atom stereocenters. The molecule has 0 saturated heterocycles. The Hall–Kier alpha value is -11.7. The maximum absolute atomic E-state index is 5.42. The lowest BCUT2D eigenvalue weighted by molar-refractivity contribution is 1.07. The molecule has 0 atom stereocenters. The fraction of sp³-hybridized carbons (Fsp3) is 0.0241. The molecule has 0 amide bonds. The molecule has 0 saturated carbocycles. The number of rotatable bonds is 10. The first kappa shape index (κ1) is 51.7. The summed E-state index contributed by atoms with van der Waals surface area (Å²) in [4.78, 5) is 16.0. The van der Waals surface area contributed by atoms with Gasteiger partial charge in [0.2, 0.25) is 0 Å². The van der Waals surface area contributed by atoms with E-state index in [-0.39, 0.29) is 0 Å². The van der Waals surface area contributed by atoms with Crippen molar-refractivity contribution in [2.24, 2.45) is 0 Å². The summed E-state index contributed by atoms with van der Waals surface area (Å²) in [5.41, 5.74) is 23.9. The van der Waals surface area contributed by atoms with Crippen LogP contribution in [0.2, 0.25) is 0 Å². The third-order valence-corrected chi connectivity index (χ3v) is 17.9. The van der Waals surface area contributed by atoms with E-state index in [2.05, 4.69) is 294 Å². The van der Waals surface area contributed by atoms with E-state index in [1.807, 2.05) is 36.4 Å². The number of nitrogens with zero attached hydrogens (tertiary/aromatic N) is 6. The summed E-state index contributed by atoms with van der Waals surface area (Å²) >= 11 is 0. The van der Waals surface area contributed by atoms with E-state index < -0.39 is 0 Å². The summed E-state index contributed by atoms with van der Waals surface area (Å²) in [6.07, 6.45) is 0. The maximum atomic E-state index is 5.42. The Morgan fingerprint density at radius 1 is 0.213 bits per heavy atom. The minimum Gasteiger partial charge on any atom is -0.309 e. The SMILES string of the molecule is Cc1ccc(-c2ccc3c(c2)c2cc(-c4ccc(C)cc4)ccc2n3-c2c(-c3ccc(-n4c5ccccc5c5ccccc54)cc3)cc(-c3nc(-c4ccccc4)nc(-c4ccccc4)n3)cc2-c2ccc(-n3c4ccccc4c4ccccc43)cc2)cc1. The Bertz CT molecular complexity index is 5140. The van der Waals surface area contributed by atoms with Crippen LogP contribution in [-0.4, -0.2) is 28.7 Å². The molecule has 4 heterocycles. The molecule has 6 heteroatoms. The molecule has 6 nitrogen and oxygen atoms in total. The zero-order valence-corrected chi connectivity index (χ0v) is 49.1. The molecule has 17 rings (SSSR count). The quantitative estimate of drug-likeness (QED) is 0.137. The van der Waals surface area contributed by atoms with Gasteiger partial charge >= 0.3 is 0 Å². The molecule has 0 bridgehead atoms. The monoisotopic (exact) mass is 1140 g/mol. The second kappa shape index (κ2) is 21.1. The molecule has 418 valence electrons. The lowest BCUT2D eigenvalue weighted by atomic mass is 9.92. The largest absolute Gasteiger partial charge is 0.309 e. The van der Waals surface area contributed by atoms with Crippen molar-refractivity contribution < 1.29 is 0 Å². The topological polar surface area (TPSA) is 53.5 Å². The zero-order valence-electron chi connectivity index (χ0n) is 49.1. The van der Waals surface area contributed by atoms with Crippen molar-refractivity contribution in [3.63, 3.8) is 0 Å². The van der Waals surface area contributed by atoms with Crippen LogP contribution in [0.5, 0.6) is 0 Å². The van der Waals surface area contributed by atoms with Gasteiger partial charge in [0.05, 0.1) is 38.8 Å². The van der Waals surface area contributed by atoms with Crippen LogP contribution >= 0.6 is 0 Å². The molecule has 0 fully saturated rings. The molecule has 0 N–H and O–H groups in total. The van der Waals surface area contributed by atoms with E-state index in [0.717, 1.165) is 111 Å². The third-order valence-electron chi connectivity index (χ3n) is 17.9. The summed E-state index contributed by atoms with van der Waals surface area (Å²) in [5.74, 6) is 1.77. The summed E-state index contributed by atoms with van der Waals surface area (Å²) in [6.45, 7) is 4.30. The van der Waals surface area contributed by atoms with Crippen molar-refractivity contribution in [2.45, 2.75) is 13.8 Å². The van der Waals surface area contributed by atoms with Gasteiger partial charge in [-0.1, -0.05) is 230 Å². The lowest BCUT2D eigenvalue weighted by Gasteiger charge is -2.22. The van der Waals surface area contributed by atoms with Crippen LogP contribution in [0.3, 0.4) is 0 Å². The number of benzene rings is 13.